The van der Waals surface area contributed by atoms with Gasteiger partial charge in [-0.25, -0.2) is 8.78 Å². The van der Waals surface area contributed by atoms with Gasteiger partial charge in [-0.05, 0) is 54.9 Å². The van der Waals surface area contributed by atoms with Crippen LogP contribution in [0.4, 0.5) is 14.5 Å². The van der Waals surface area contributed by atoms with E-state index in [1.165, 1.54) is 12.1 Å². The van der Waals surface area contributed by atoms with E-state index in [0.29, 0.717) is 18.3 Å². The van der Waals surface area contributed by atoms with Gasteiger partial charge in [0.1, 0.15) is 0 Å². The van der Waals surface area contributed by atoms with Crippen LogP contribution in [0.1, 0.15) is 23.8 Å². The average Bonchev–Trinajstić information content (AvgIpc) is 3.34. The molecule has 5 nitrogen and oxygen atoms in total. The summed E-state index contributed by atoms with van der Waals surface area (Å²) in [6, 6.07) is 12.0. The third-order valence-corrected chi connectivity index (χ3v) is 5.08. The van der Waals surface area contributed by atoms with Crippen LogP contribution in [0.3, 0.4) is 0 Å². The molecule has 1 saturated heterocycles. The molecule has 4 rings (SSSR count). The van der Waals surface area contributed by atoms with Crippen LogP contribution >= 0.6 is 0 Å². The van der Waals surface area contributed by atoms with E-state index in [0.717, 1.165) is 36.3 Å². The van der Waals surface area contributed by atoms with Crippen LogP contribution in [0.5, 0.6) is 0 Å². The smallest absolute Gasteiger partial charge is 0.247 e. The third-order valence-electron chi connectivity index (χ3n) is 5.08. The Morgan fingerprint density at radius 3 is 2.57 bits per heavy atom. The summed E-state index contributed by atoms with van der Waals surface area (Å²) in [6.07, 6.45) is 0.894. The largest absolute Gasteiger partial charge is 0.420 e. The van der Waals surface area contributed by atoms with Crippen LogP contribution in [0, 0.1) is 11.6 Å². The zero-order chi connectivity index (χ0) is 19.7. The van der Waals surface area contributed by atoms with Crippen LogP contribution in [0.15, 0.2) is 46.9 Å². The van der Waals surface area contributed by atoms with Crippen molar-refractivity contribution in [1.82, 2.24) is 15.1 Å². The van der Waals surface area contributed by atoms with E-state index in [1.807, 2.05) is 43.3 Å². The first-order valence-electron chi connectivity index (χ1n) is 9.27. The molecule has 2 aromatic carbocycles. The van der Waals surface area contributed by atoms with E-state index in [1.54, 1.807) is 6.07 Å². The van der Waals surface area contributed by atoms with E-state index >= 15 is 0 Å². The summed E-state index contributed by atoms with van der Waals surface area (Å²) in [6.45, 7) is 2.17. The molecule has 28 heavy (non-hydrogen) atoms. The standard InChI is InChI=1S/C21H22F2N4O/c1-26(2)17-6-4-15(5-7-17)20-24-25-21(28-20)16-9-10-27(13-16)12-14-3-8-18(22)19(23)11-14/h3-8,11,16H,9-10,12-13H2,1-2H3. The molecular weight excluding hydrogens is 362 g/mol. The maximum Gasteiger partial charge on any atom is 0.247 e. The highest BCUT2D eigenvalue weighted by atomic mass is 19.2. The molecule has 1 unspecified atom stereocenters. The molecule has 1 aliphatic rings. The van der Waals surface area contributed by atoms with Gasteiger partial charge in [0.05, 0.1) is 5.92 Å². The van der Waals surface area contributed by atoms with Gasteiger partial charge in [-0.3, -0.25) is 4.90 Å². The number of hydrogen-bond donors (Lipinski definition) is 0. The van der Waals surface area contributed by atoms with E-state index in [2.05, 4.69) is 15.1 Å². The summed E-state index contributed by atoms with van der Waals surface area (Å²) in [5.74, 6) is -0.346. The Morgan fingerprint density at radius 1 is 1.07 bits per heavy atom. The maximum absolute atomic E-state index is 13.4. The Balaban J connectivity index is 1.41. The van der Waals surface area contributed by atoms with Gasteiger partial charge >= 0.3 is 0 Å². The quantitative estimate of drug-likeness (QED) is 0.664. The number of rotatable bonds is 5. The Morgan fingerprint density at radius 2 is 1.86 bits per heavy atom. The van der Waals surface area contributed by atoms with E-state index in [4.69, 9.17) is 4.42 Å². The molecule has 0 spiro atoms. The lowest BCUT2D eigenvalue weighted by atomic mass is 10.1. The van der Waals surface area contributed by atoms with Crippen molar-refractivity contribution in [3.05, 3.63) is 65.6 Å². The van der Waals surface area contributed by atoms with Crippen molar-refractivity contribution >= 4 is 5.69 Å². The average molecular weight is 384 g/mol. The van der Waals surface area contributed by atoms with Crippen LogP contribution < -0.4 is 4.90 Å². The van der Waals surface area contributed by atoms with Crippen molar-refractivity contribution in [3.63, 3.8) is 0 Å². The van der Waals surface area contributed by atoms with Gasteiger partial charge in [0.15, 0.2) is 11.6 Å². The molecule has 3 aromatic rings. The van der Waals surface area contributed by atoms with Crippen molar-refractivity contribution in [2.75, 3.05) is 32.1 Å². The lowest BCUT2D eigenvalue weighted by molar-refractivity contribution is 0.319. The molecule has 1 atom stereocenters. The highest BCUT2D eigenvalue weighted by molar-refractivity contribution is 5.58. The first kappa shape index (κ1) is 18.6. The third kappa shape index (κ3) is 3.89. The molecule has 2 heterocycles. The number of benzene rings is 2. The van der Waals surface area contributed by atoms with Gasteiger partial charge in [-0.2, -0.15) is 0 Å². The molecule has 0 aliphatic carbocycles. The number of nitrogens with zero attached hydrogens (tertiary/aromatic N) is 4. The minimum atomic E-state index is -0.819. The second-order valence-electron chi connectivity index (χ2n) is 7.36. The summed E-state index contributed by atoms with van der Waals surface area (Å²) >= 11 is 0. The van der Waals surface area contributed by atoms with Crippen LogP contribution in [0.25, 0.3) is 11.5 Å². The normalized spacial score (nSPS) is 17.2. The predicted molar refractivity (Wildman–Crippen MR) is 103 cm³/mol. The minimum Gasteiger partial charge on any atom is -0.420 e. The summed E-state index contributed by atoms with van der Waals surface area (Å²) in [4.78, 5) is 4.22. The lowest BCUT2D eigenvalue weighted by Crippen LogP contribution is -2.20. The molecule has 0 amide bonds. The predicted octanol–water partition coefficient (Wildman–Crippen LogP) is 4.07. The summed E-state index contributed by atoms with van der Waals surface area (Å²) in [7, 11) is 3.98. The molecule has 7 heteroatoms. The highest BCUT2D eigenvalue weighted by Crippen LogP contribution is 2.30. The maximum atomic E-state index is 13.4. The number of hydrogen-bond acceptors (Lipinski definition) is 5. The van der Waals surface area contributed by atoms with Gasteiger partial charge in [-0.15, -0.1) is 10.2 Å². The van der Waals surface area contributed by atoms with E-state index < -0.39 is 11.6 Å². The Hall–Kier alpha value is -2.80. The number of likely N-dealkylation sites (tertiary alicyclic amines) is 1. The molecule has 0 N–H and O–H groups in total. The first-order valence-corrected chi connectivity index (χ1v) is 9.27. The molecular formula is C21H22F2N4O. The van der Waals surface area contributed by atoms with E-state index in [-0.39, 0.29) is 5.92 Å². The van der Waals surface area contributed by atoms with Crippen LogP contribution in [-0.4, -0.2) is 42.3 Å². The fourth-order valence-electron chi connectivity index (χ4n) is 3.49. The summed E-state index contributed by atoms with van der Waals surface area (Å²) < 4.78 is 32.4. The fraction of sp³-hybridized carbons (Fsp3) is 0.333. The van der Waals surface area contributed by atoms with Gasteiger partial charge in [0.25, 0.3) is 0 Å². The molecule has 1 fully saturated rings. The Bertz CT molecular complexity index is 955. The molecule has 0 saturated carbocycles. The van der Waals surface area contributed by atoms with E-state index in [9.17, 15) is 8.78 Å². The number of anilines is 1. The topological polar surface area (TPSA) is 45.4 Å². The van der Waals surface area contributed by atoms with Gasteiger partial charge in [0.2, 0.25) is 11.8 Å². The van der Waals surface area contributed by atoms with Gasteiger partial charge in [0, 0.05) is 38.4 Å². The first-order chi connectivity index (χ1) is 13.5. The van der Waals surface area contributed by atoms with Crippen LogP contribution in [-0.2, 0) is 6.54 Å². The minimum absolute atomic E-state index is 0.146. The van der Waals surface area contributed by atoms with Crippen molar-refractivity contribution in [3.8, 4) is 11.5 Å². The highest BCUT2D eigenvalue weighted by Gasteiger charge is 2.28. The molecule has 0 radical (unpaired) electrons. The molecule has 0 bridgehead atoms. The second-order valence-corrected chi connectivity index (χ2v) is 7.36. The van der Waals surface area contributed by atoms with Crippen molar-refractivity contribution in [2.45, 2.75) is 18.9 Å². The monoisotopic (exact) mass is 384 g/mol. The van der Waals surface area contributed by atoms with Crippen LogP contribution in [0.2, 0.25) is 0 Å². The SMILES string of the molecule is CN(C)c1ccc(-c2nnc(C3CCN(Cc4ccc(F)c(F)c4)C3)o2)cc1. The molecule has 1 aliphatic heterocycles. The fourth-order valence-corrected chi connectivity index (χ4v) is 3.49. The van der Waals surface area contributed by atoms with Crippen molar-refractivity contribution in [2.24, 2.45) is 0 Å². The zero-order valence-electron chi connectivity index (χ0n) is 15.9. The lowest BCUT2D eigenvalue weighted by Gasteiger charge is -2.15. The number of halogens is 2. The Kier molecular flexibility index (Phi) is 5.09. The second kappa shape index (κ2) is 7.67. The zero-order valence-corrected chi connectivity index (χ0v) is 15.9. The number of aromatic nitrogens is 2. The summed E-state index contributed by atoms with van der Waals surface area (Å²) in [5.41, 5.74) is 2.75. The molecule has 1 aromatic heterocycles. The van der Waals surface area contributed by atoms with Gasteiger partial charge < -0.3 is 9.32 Å². The summed E-state index contributed by atoms with van der Waals surface area (Å²) in [5, 5.41) is 8.43. The van der Waals surface area contributed by atoms with Gasteiger partial charge in [-0.1, -0.05) is 6.07 Å². The van der Waals surface area contributed by atoms with Crippen molar-refractivity contribution < 1.29 is 13.2 Å². The van der Waals surface area contributed by atoms with Crippen molar-refractivity contribution in [1.29, 1.82) is 0 Å². The molecule has 146 valence electrons. The Labute approximate surface area is 162 Å².